The highest BCUT2D eigenvalue weighted by molar-refractivity contribution is 6.09. The van der Waals surface area contributed by atoms with Gasteiger partial charge in [-0.15, -0.1) is 0 Å². The van der Waals surface area contributed by atoms with Gasteiger partial charge in [-0.25, -0.2) is 4.39 Å². The molecule has 0 radical (unpaired) electrons. The molecule has 0 aliphatic heterocycles. The first-order valence-corrected chi connectivity index (χ1v) is 8.14. The number of nitrogens with zero attached hydrogens (tertiary/aromatic N) is 2. The molecule has 2 aromatic carbocycles. The number of benzene rings is 2. The van der Waals surface area contributed by atoms with Crippen LogP contribution in [0.15, 0.2) is 60.8 Å². The first-order chi connectivity index (χ1) is 12.5. The first-order valence-electron chi connectivity index (χ1n) is 8.14. The quantitative estimate of drug-likeness (QED) is 0.506. The Morgan fingerprint density at radius 1 is 1.12 bits per heavy atom. The molecule has 3 aromatic rings. The maximum absolute atomic E-state index is 13.9. The molecule has 3 nitrogen and oxygen atoms in total. The van der Waals surface area contributed by atoms with Gasteiger partial charge in [0.05, 0.1) is 17.2 Å². The predicted molar refractivity (Wildman–Crippen MR) is 99.9 cm³/mol. The van der Waals surface area contributed by atoms with Crippen LogP contribution >= 0.6 is 0 Å². The Kier molecular flexibility index (Phi) is 4.81. The normalized spacial score (nSPS) is 11.2. The highest BCUT2D eigenvalue weighted by Crippen LogP contribution is 2.21. The summed E-state index contributed by atoms with van der Waals surface area (Å²) in [6.07, 6.45) is 3.37. The van der Waals surface area contributed by atoms with Crippen molar-refractivity contribution in [1.82, 2.24) is 4.57 Å². The number of aryl methyl sites for hydroxylation is 2. The number of carbonyl (C=O) groups is 1. The minimum absolute atomic E-state index is 0.0350. The van der Waals surface area contributed by atoms with E-state index >= 15 is 0 Å². The molecular formula is C22H17FN2O. The number of hydrogen-bond donors (Lipinski definition) is 0. The van der Waals surface area contributed by atoms with Crippen molar-refractivity contribution in [3.63, 3.8) is 0 Å². The molecule has 26 heavy (non-hydrogen) atoms. The third-order valence-corrected chi connectivity index (χ3v) is 4.17. The molecule has 0 atom stereocenters. The largest absolute Gasteiger partial charge is 0.350 e. The first kappa shape index (κ1) is 17.4. The lowest BCUT2D eigenvalue weighted by Gasteiger charge is -2.02. The molecule has 3 rings (SSSR count). The van der Waals surface area contributed by atoms with Gasteiger partial charge in [0.15, 0.2) is 5.78 Å². The Morgan fingerprint density at radius 3 is 2.58 bits per heavy atom. The fourth-order valence-corrected chi connectivity index (χ4v) is 2.79. The van der Waals surface area contributed by atoms with Gasteiger partial charge in [-0.05, 0) is 36.8 Å². The monoisotopic (exact) mass is 344 g/mol. The summed E-state index contributed by atoms with van der Waals surface area (Å²) in [5.74, 6) is -0.927. The summed E-state index contributed by atoms with van der Waals surface area (Å²) in [5, 5.41) is 9.51. The number of nitriles is 1. The maximum atomic E-state index is 13.9. The second-order valence-electron chi connectivity index (χ2n) is 6.11. The summed E-state index contributed by atoms with van der Waals surface area (Å²) in [7, 11) is 1.79. The van der Waals surface area contributed by atoms with Crippen molar-refractivity contribution < 1.29 is 9.18 Å². The molecule has 0 aliphatic rings. The third kappa shape index (κ3) is 3.47. The molecule has 0 spiro atoms. The number of allylic oxidation sites excluding steroid dienone is 1. The van der Waals surface area contributed by atoms with Gasteiger partial charge < -0.3 is 4.57 Å². The lowest BCUT2D eigenvalue weighted by Crippen LogP contribution is -2.02. The molecule has 1 heterocycles. The van der Waals surface area contributed by atoms with Crippen molar-refractivity contribution in [2.24, 2.45) is 7.05 Å². The van der Waals surface area contributed by atoms with E-state index in [2.05, 4.69) is 6.07 Å². The lowest BCUT2D eigenvalue weighted by atomic mass is 10.0. The van der Waals surface area contributed by atoms with Crippen LogP contribution in [-0.2, 0) is 7.05 Å². The zero-order chi connectivity index (χ0) is 18.7. The van der Waals surface area contributed by atoms with E-state index in [0.717, 1.165) is 11.1 Å². The molecule has 0 aliphatic carbocycles. The fourth-order valence-electron chi connectivity index (χ4n) is 2.79. The van der Waals surface area contributed by atoms with E-state index in [4.69, 9.17) is 0 Å². The standard InChI is InChI=1S/C22H17FN2O/c1-15-6-5-7-16(10-15)17(13-24)11-19-12-18(14-25(19)2)22(26)20-8-3-4-9-21(20)23/h3-12,14H,1-2H3. The van der Waals surface area contributed by atoms with Crippen LogP contribution in [0.1, 0.15) is 32.7 Å². The minimum atomic E-state index is -0.545. The third-order valence-electron chi connectivity index (χ3n) is 4.17. The number of aromatic nitrogens is 1. The Hall–Kier alpha value is -3.45. The van der Waals surface area contributed by atoms with Gasteiger partial charge in [0, 0.05) is 24.5 Å². The van der Waals surface area contributed by atoms with E-state index in [-0.39, 0.29) is 11.3 Å². The maximum Gasteiger partial charge on any atom is 0.197 e. The molecule has 0 N–H and O–H groups in total. The van der Waals surface area contributed by atoms with Gasteiger partial charge >= 0.3 is 0 Å². The van der Waals surface area contributed by atoms with Crippen LogP contribution in [0.5, 0.6) is 0 Å². The topological polar surface area (TPSA) is 45.8 Å². The zero-order valence-electron chi connectivity index (χ0n) is 14.5. The number of halogens is 1. The van der Waals surface area contributed by atoms with Crippen LogP contribution in [0.3, 0.4) is 0 Å². The van der Waals surface area contributed by atoms with E-state index < -0.39 is 5.82 Å². The number of carbonyl (C=O) groups excluding carboxylic acids is 1. The molecule has 0 fully saturated rings. The summed E-state index contributed by atoms with van der Waals surface area (Å²) in [6, 6.07) is 17.4. The Morgan fingerprint density at radius 2 is 1.88 bits per heavy atom. The van der Waals surface area contributed by atoms with Gasteiger partial charge in [0.25, 0.3) is 0 Å². The highest BCUT2D eigenvalue weighted by Gasteiger charge is 2.16. The summed E-state index contributed by atoms with van der Waals surface area (Å²) in [4.78, 5) is 12.6. The summed E-state index contributed by atoms with van der Waals surface area (Å²) in [6.45, 7) is 1.96. The minimum Gasteiger partial charge on any atom is -0.350 e. The number of ketones is 1. The van der Waals surface area contributed by atoms with Crippen molar-refractivity contribution in [3.8, 4) is 6.07 Å². The summed E-state index contributed by atoms with van der Waals surface area (Å²) in [5.41, 5.74) is 3.49. The van der Waals surface area contributed by atoms with Crippen LogP contribution in [-0.4, -0.2) is 10.4 Å². The van der Waals surface area contributed by atoms with Crippen molar-refractivity contribution >= 4 is 17.4 Å². The predicted octanol–water partition coefficient (Wildman–Crippen LogP) is 4.77. The molecular weight excluding hydrogens is 327 g/mol. The van der Waals surface area contributed by atoms with Gasteiger partial charge in [-0.2, -0.15) is 5.26 Å². The van der Waals surface area contributed by atoms with Gasteiger partial charge in [-0.3, -0.25) is 4.79 Å². The second-order valence-corrected chi connectivity index (χ2v) is 6.11. The van der Waals surface area contributed by atoms with Crippen LogP contribution < -0.4 is 0 Å². The smallest absolute Gasteiger partial charge is 0.197 e. The van der Waals surface area contributed by atoms with E-state index in [9.17, 15) is 14.4 Å². The molecule has 0 unspecified atom stereocenters. The molecule has 0 amide bonds. The van der Waals surface area contributed by atoms with Crippen molar-refractivity contribution in [2.45, 2.75) is 6.92 Å². The van der Waals surface area contributed by atoms with Crippen LogP contribution in [0.2, 0.25) is 0 Å². The Balaban J connectivity index is 1.99. The van der Waals surface area contributed by atoms with Crippen molar-refractivity contribution in [3.05, 3.63) is 94.6 Å². The van der Waals surface area contributed by atoms with Crippen LogP contribution in [0.4, 0.5) is 4.39 Å². The molecule has 4 heteroatoms. The van der Waals surface area contributed by atoms with Crippen LogP contribution in [0.25, 0.3) is 11.6 Å². The van der Waals surface area contributed by atoms with E-state index in [1.807, 2.05) is 31.2 Å². The summed E-state index contributed by atoms with van der Waals surface area (Å²) < 4.78 is 15.6. The van der Waals surface area contributed by atoms with Gasteiger partial charge in [-0.1, -0.05) is 42.0 Å². The fraction of sp³-hybridized carbons (Fsp3) is 0.0909. The highest BCUT2D eigenvalue weighted by atomic mass is 19.1. The average molecular weight is 344 g/mol. The van der Waals surface area contributed by atoms with Gasteiger partial charge in [0.2, 0.25) is 0 Å². The number of rotatable bonds is 4. The molecule has 0 saturated heterocycles. The van der Waals surface area contributed by atoms with Crippen molar-refractivity contribution in [2.75, 3.05) is 0 Å². The van der Waals surface area contributed by atoms with Crippen LogP contribution in [0, 0.1) is 24.1 Å². The summed E-state index contributed by atoms with van der Waals surface area (Å²) >= 11 is 0. The SMILES string of the molecule is Cc1cccc(C(C#N)=Cc2cc(C(=O)c3ccccc3F)cn2C)c1. The van der Waals surface area contributed by atoms with E-state index in [1.165, 1.54) is 12.1 Å². The van der Waals surface area contributed by atoms with Crippen molar-refractivity contribution in [1.29, 1.82) is 5.26 Å². The van der Waals surface area contributed by atoms with E-state index in [0.29, 0.717) is 16.8 Å². The van der Waals surface area contributed by atoms with Gasteiger partial charge in [0.1, 0.15) is 5.82 Å². The molecule has 1 aromatic heterocycles. The van der Waals surface area contributed by atoms with E-state index in [1.54, 1.807) is 42.1 Å². The molecule has 0 bridgehead atoms. The zero-order valence-corrected chi connectivity index (χ0v) is 14.5. The lowest BCUT2D eigenvalue weighted by molar-refractivity contribution is 0.103. The number of hydrogen-bond acceptors (Lipinski definition) is 2. The molecule has 0 saturated carbocycles. The average Bonchev–Trinajstić information content (AvgIpc) is 3.00. The second kappa shape index (κ2) is 7.20. The Bertz CT molecular complexity index is 1050. The Labute approximate surface area is 151 Å². The molecule has 128 valence electrons.